The molecule has 1 aliphatic heterocycles. The molecule has 0 radical (unpaired) electrons. The molecule has 4 rings (SSSR count). The highest BCUT2D eigenvalue weighted by Crippen LogP contribution is 2.30. The number of rotatable bonds is 7. The first-order chi connectivity index (χ1) is 15.1. The third-order valence-corrected chi connectivity index (χ3v) is 5.50. The van der Waals surface area contributed by atoms with Gasteiger partial charge >= 0.3 is 0 Å². The van der Waals surface area contributed by atoms with Gasteiger partial charge in [0.1, 0.15) is 17.0 Å². The Labute approximate surface area is 181 Å². The Morgan fingerprint density at radius 1 is 1.10 bits per heavy atom. The first-order valence-corrected chi connectivity index (χ1v) is 10.4. The van der Waals surface area contributed by atoms with Gasteiger partial charge in [-0.2, -0.15) is 5.10 Å². The highest BCUT2D eigenvalue weighted by atomic mass is 16.5. The highest BCUT2D eigenvalue weighted by Gasteiger charge is 2.22. The lowest BCUT2D eigenvalue weighted by atomic mass is 10.1. The number of aryl methyl sites for hydroxylation is 1. The summed E-state index contributed by atoms with van der Waals surface area (Å²) < 4.78 is 18.3. The average molecular weight is 425 g/mol. The summed E-state index contributed by atoms with van der Waals surface area (Å²) in [6.07, 6.45) is 0. The maximum Gasteiger partial charge on any atom is 0.276 e. The van der Waals surface area contributed by atoms with Crippen molar-refractivity contribution in [1.82, 2.24) is 14.7 Å². The quantitative estimate of drug-likeness (QED) is 0.628. The summed E-state index contributed by atoms with van der Waals surface area (Å²) in [6.45, 7) is 6.73. The van der Waals surface area contributed by atoms with Gasteiger partial charge in [-0.25, -0.2) is 0 Å². The molecule has 1 amide bonds. The number of carbonyl (C=O) groups excluding carboxylic acids is 1. The van der Waals surface area contributed by atoms with Crippen LogP contribution in [0.25, 0.3) is 10.9 Å². The number of amides is 1. The lowest BCUT2D eigenvalue weighted by Crippen LogP contribution is -2.38. The van der Waals surface area contributed by atoms with Gasteiger partial charge in [-0.05, 0) is 30.7 Å². The molecule has 164 valence electrons. The van der Waals surface area contributed by atoms with Crippen LogP contribution in [0, 0.1) is 6.92 Å². The van der Waals surface area contributed by atoms with Crippen molar-refractivity contribution in [3.63, 3.8) is 0 Å². The van der Waals surface area contributed by atoms with Crippen LogP contribution in [0.5, 0.6) is 11.5 Å². The second kappa shape index (κ2) is 9.36. The van der Waals surface area contributed by atoms with Crippen molar-refractivity contribution in [3.05, 3.63) is 47.7 Å². The molecule has 0 saturated carbocycles. The van der Waals surface area contributed by atoms with Crippen LogP contribution in [0.4, 0.5) is 5.69 Å². The van der Waals surface area contributed by atoms with Crippen LogP contribution in [0.1, 0.15) is 16.1 Å². The Morgan fingerprint density at radius 3 is 2.61 bits per heavy atom. The molecular formula is C23H28N4O4. The summed E-state index contributed by atoms with van der Waals surface area (Å²) in [5.74, 6) is 1.01. The SMILES string of the molecule is COc1ccc(C)cc1NC(=O)c1nn(CCN2CCOCC2)c2c(OC)cccc12. The fourth-order valence-electron chi connectivity index (χ4n) is 3.86. The molecule has 0 spiro atoms. The summed E-state index contributed by atoms with van der Waals surface area (Å²) in [5, 5.41) is 8.40. The van der Waals surface area contributed by atoms with Crippen LogP contribution < -0.4 is 14.8 Å². The molecule has 1 fully saturated rings. The number of benzene rings is 2. The summed E-state index contributed by atoms with van der Waals surface area (Å²) >= 11 is 0. The van der Waals surface area contributed by atoms with E-state index in [1.807, 2.05) is 48.0 Å². The zero-order chi connectivity index (χ0) is 21.8. The van der Waals surface area contributed by atoms with Crippen molar-refractivity contribution < 1.29 is 19.0 Å². The van der Waals surface area contributed by atoms with Gasteiger partial charge < -0.3 is 19.5 Å². The number of hydrogen-bond acceptors (Lipinski definition) is 6. The van der Waals surface area contributed by atoms with Crippen molar-refractivity contribution in [2.75, 3.05) is 52.4 Å². The molecule has 2 heterocycles. The number of fused-ring (bicyclic) bond motifs is 1. The predicted octanol–water partition coefficient (Wildman–Crippen LogP) is 2.95. The Balaban J connectivity index is 1.66. The van der Waals surface area contributed by atoms with Gasteiger partial charge in [0.15, 0.2) is 5.69 Å². The van der Waals surface area contributed by atoms with Crippen LogP contribution in [-0.4, -0.2) is 67.7 Å². The lowest BCUT2D eigenvalue weighted by molar-refractivity contribution is 0.0361. The zero-order valence-corrected chi connectivity index (χ0v) is 18.2. The fraction of sp³-hybridized carbons (Fsp3) is 0.391. The molecule has 0 aliphatic carbocycles. The molecule has 8 heteroatoms. The molecule has 8 nitrogen and oxygen atoms in total. The van der Waals surface area contributed by atoms with E-state index in [1.165, 1.54) is 0 Å². The van der Waals surface area contributed by atoms with E-state index in [0.717, 1.165) is 49.3 Å². The molecule has 2 aromatic carbocycles. The van der Waals surface area contributed by atoms with Crippen molar-refractivity contribution in [3.8, 4) is 11.5 Å². The maximum atomic E-state index is 13.2. The Hall–Kier alpha value is -3.10. The van der Waals surface area contributed by atoms with Gasteiger partial charge in [-0.3, -0.25) is 14.4 Å². The number of hydrogen-bond donors (Lipinski definition) is 1. The number of anilines is 1. The molecule has 0 bridgehead atoms. The smallest absolute Gasteiger partial charge is 0.276 e. The van der Waals surface area contributed by atoms with Gasteiger partial charge in [0, 0.05) is 25.0 Å². The predicted molar refractivity (Wildman–Crippen MR) is 119 cm³/mol. The number of nitrogens with one attached hydrogen (secondary N) is 1. The monoisotopic (exact) mass is 424 g/mol. The van der Waals surface area contributed by atoms with Crippen LogP contribution in [0.15, 0.2) is 36.4 Å². The van der Waals surface area contributed by atoms with Gasteiger partial charge in [0.05, 0.1) is 39.7 Å². The second-order valence-electron chi connectivity index (χ2n) is 7.54. The van der Waals surface area contributed by atoms with Gasteiger partial charge in [0.25, 0.3) is 5.91 Å². The average Bonchev–Trinajstić information content (AvgIpc) is 3.17. The third-order valence-electron chi connectivity index (χ3n) is 5.50. The molecule has 1 aromatic heterocycles. The molecule has 31 heavy (non-hydrogen) atoms. The summed E-state index contributed by atoms with van der Waals surface area (Å²) in [5.41, 5.74) is 2.82. The topological polar surface area (TPSA) is 77.9 Å². The van der Waals surface area contributed by atoms with E-state index in [2.05, 4.69) is 15.3 Å². The Morgan fingerprint density at radius 2 is 1.87 bits per heavy atom. The third kappa shape index (κ3) is 4.50. The van der Waals surface area contributed by atoms with E-state index in [-0.39, 0.29) is 5.91 Å². The minimum Gasteiger partial charge on any atom is -0.495 e. The number of para-hydroxylation sites is 1. The van der Waals surface area contributed by atoms with E-state index in [1.54, 1.807) is 14.2 Å². The minimum atomic E-state index is -0.285. The van der Waals surface area contributed by atoms with E-state index in [0.29, 0.717) is 29.4 Å². The van der Waals surface area contributed by atoms with Crippen LogP contribution in [0.3, 0.4) is 0 Å². The van der Waals surface area contributed by atoms with Gasteiger partial charge in [0.2, 0.25) is 0 Å². The lowest BCUT2D eigenvalue weighted by Gasteiger charge is -2.26. The van der Waals surface area contributed by atoms with Crippen LogP contribution in [0.2, 0.25) is 0 Å². The summed E-state index contributed by atoms with van der Waals surface area (Å²) in [4.78, 5) is 15.6. The zero-order valence-electron chi connectivity index (χ0n) is 18.2. The molecule has 0 atom stereocenters. The van der Waals surface area contributed by atoms with E-state index in [4.69, 9.17) is 14.2 Å². The van der Waals surface area contributed by atoms with Gasteiger partial charge in [-0.1, -0.05) is 18.2 Å². The summed E-state index contributed by atoms with van der Waals surface area (Å²) in [6, 6.07) is 11.3. The highest BCUT2D eigenvalue weighted by molar-refractivity contribution is 6.12. The normalized spacial score (nSPS) is 14.5. The van der Waals surface area contributed by atoms with E-state index >= 15 is 0 Å². The number of carbonyl (C=O) groups is 1. The van der Waals surface area contributed by atoms with Crippen molar-refractivity contribution in [2.45, 2.75) is 13.5 Å². The van der Waals surface area contributed by atoms with Crippen molar-refractivity contribution >= 4 is 22.5 Å². The number of nitrogens with zero attached hydrogens (tertiary/aromatic N) is 3. The molecule has 1 N–H and O–H groups in total. The van der Waals surface area contributed by atoms with Crippen molar-refractivity contribution in [2.24, 2.45) is 0 Å². The van der Waals surface area contributed by atoms with E-state index < -0.39 is 0 Å². The number of aromatic nitrogens is 2. The summed E-state index contributed by atoms with van der Waals surface area (Å²) in [7, 11) is 3.21. The second-order valence-corrected chi connectivity index (χ2v) is 7.54. The largest absolute Gasteiger partial charge is 0.495 e. The maximum absolute atomic E-state index is 13.2. The number of ether oxygens (including phenoxy) is 3. The molecular weight excluding hydrogens is 396 g/mol. The van der Waals surface area contributed by atoms with Crippen LogP contribution >= 0.6 is 0 Å². The first kappa shape index (κ1) is 21.1. The minimum absolute atomic E-state index is 0.285. The fourth-order valence-corrected chi connectivity index (χ4v) is 3.86. The number of methoxy groups -OCH3 is 2. The van der Waals surface area contributed by atoms with Crippen LogP contribution in [-0.2, 0) is 11.3 Å². The van der Waals surface area contributed by atoms with E-state index in [9.17, 15) is 4.79 Å². The number of morpholine rings is 1. The Kier molecular flexibility index (Phi) is 6.39. The molecule has 3 aromatic rings. The van der Waals surface area contributed by atoms with Gasteiger partial charge in [-0.15, -0.1) is 0 Å². The Bertz CT molecular complexity index is 1070. The standard InChI is InChI=1S/C23H28N4O4/c1-16-7-8-19(29-2)18(15-16)24-23(28)21-17-5-4-6-20(30-3)22(17)27(25-21)10-9-26-11-13-31-14-12-26/h4-8,15H,9-14H2,1-3H3,(H,24,28). The first-order valence-electron chi connectivity index (χ1n) is 10.4. The molecule has 1 aliphatic rings. The molecule has 0 unspecified atom stereocenters. The van der Waals surface area contributed by atoms with Crippen molar-refractivity contribution in [1.29, 1.82) is 0 Å². The molecule has 1 saturated heterocycles.